The monoisotopic (exact) mass is 481 g/mol. The number of halogens is 1. The maximum absolute atomic E-state index is 13.6. The Morgan fingerprint density at radius 1 is 1.06 bits per heavy atom. The van der Waals surface area contributed by atoms with Crippen molar-refractivity contribution in [1.29, 1.82) is 0 Å². The summed E-state index contributed by atoms with van der Waals surface area (Å²) in [6, 6.07) is 17.6. The summed E-state index contributed by atoms with van der Waals surface area (Å²) in [6.07, 6.45) is 1.84. The van der Waals surface area contributed by atoms with E-state index < -0.39 is 0 Å². The molecule has 0 radical (unpaired) electrons. The normalized spacial score (nSPS) is 13.5. The SMILES string of the molecule is CCN(CC)CCN1C(=O)N(c2ccccc2Cl)Cc2cnc(SCc3ccccc3)nc21. The number of hydrogen-bond acceptors (Lipinski definition) is 5. The molecular weight excluding hydrogens is 454 g/mol. The van der Waals surface area contributed by atoms with Gasteiger partial charge in [0, 0.05) is 30.6 Å². The number of hydrogen-bond donors (Lipinski definition) is 0. The van der Waals surface area contributed by atoms with Gasteiger partial charge in [0.1, 0.15) is 5.82 Å². The van der Waals surface area contributed by atoms with E-state index in [2.05, 4.69) is 35.9 Å². The van der Waals surface area contributed by atoms with Crippen molar-refractivity contribution in [2.75, 3.05) is 36.0 Å². The summed E-state index contributed by atoms with van der Waals surface area (Å²) in [5.41, 5.74) is 2.83. The van der Waals surface area contributed by atoms with E-state index in [0.29, 0.717) is 34.8 Å². The molecule has 0 saturated carbocycles. The number of fused-ring (bicyclic) bond motifs is 1. The molecule has 2 heterocycles. The zero-order valence-corrected chi connectivity index (χ0v) is 20.5. The lowest BCUT2D eigenvalue weighted by Gasteiger charge is -2.37. The third-order valence-electron chi connectivity index (χ3n) is 5.75. The fourth-order valence-corrected chi connectivity index (χ4v) is 4.84. The van der Waals surface area contributed by atoms with Crippen molar-refractivity contribution >= 4 is 40.9 Å². The highest BCUT2D eigenvalue weighted by atomic mass is 35.5. The second-order valence-electron chi connectivity index (χ2n) is 7.77. The summed E-state index contributed by atoms with van der Waals surface area (Å²) < 4.78 is 0. The van der Waals surface area contributed by atoms with E-state index in [1.54, 1.807) is 27.6 Å². The molecule has 3 aromatic rings. The first-order valence-corrected chi connectivity index (χ1v) is 12.6. The average molecular weight is 482 g/mol. The lowest BCUT2D eigenvalue weighted by Crippen LogP contribution is -2.50. The Morgan fingerprint density at radius 3 is 2.52 bits per heavy atom. The molecule has 4 rings (SSSR count). The molecule has 6 nitrogen and oxygen atoms in total. The third kappa shape index (κ3) is 5.49. The van der Waals surface area contributed by atoms with Gasteiger partial charge in [-0.1, -0.05) is 79.7 Å². The lowest BCUT2D eigenvalue weighted by atomic mass is 10.2. The molecule has 2 aromatic carbocycles. The molecule has 2 amide bonds. The predicted molar refractivity (Wildman–Crippen MR) is 136 cm³/mol. The number of amides is 2. The second-order valence-corrected chi connectivity index (χ2v) is 9.12. The first kappa shape index (κ1) is 23.5. The van der Waals surface area contributed by atoms with E-state index in [0.717, 1.165) is 31.0 Å². The number of anilines is 2. The predicted octanol–water partition coefficient (Wildman–Crippen LogP) is 5.71. The summed E-state index contributed by atoms with van der Waals surface area (Å²) in [5.74, 6) is 1.47. The van der Waals surface area contributed by atoms with Crippen LogP contribution in [-0.4, -0.2) is 47.1 Å². The van der Waals surface area contributed by atoms with Crippen LogP contribution in [-0.2, 0) is 12.3 Å². The maximum Gasteiger partial charge on any atom is 0.330 e. The van der Waals surface area contributed by atoms with E-state index >= 15 is 0 Å². The molecule has 0 atom stereocenters. The van der Waals surface area contributed by atoms with Crippen LogP contribution in [0.1, 0.15) is 25.0 Å². The van der Waals surface area contributed by atoms with Crippen LogP contribution in [0.15, 0.2) is 66.0 Å². The van der Waals surface area contributed by atoms with Gasteiger partial charge in [-0.05, 0) is 30.8 Å². The van der Waals surface area contributed by atoms with Crippen molar-refractivity contribution in [2.45, 2.75) is 31.3 Å². The number of aromatic nitrogens is 2. The van der Waals surface area contributed by atoms with Gasteiger partial charge >= 0.3 is 6.03 Å². The standard InChI is InChI=1S/C25H28ClN5OS/c1-3-29(4-2)14-15-30-23-20(17-31(25(30)32)22-13-9-8-12-21(22)26)16-27-24(28-23)33-18-19-10-6-5-7-11-19/h5-13,16H,3-4,14-15,17-18H2,1-2H3. The Labute approximate surface area is 204 Å². The van der Waals surface area contributed by atoms with Crippen LogP contribution >= 0.6 is 23.4 Å². The summed E-state index contributed by atoms with van der Waals surface area (Å²) in [7, 11) is 0. The molecule has 0 unspecified atom stereocenters. The highest BCUT2D eigenvalue weighted by Crippen LogP contribution is 2.34. The van der Waals surface area contributed by atoms with Gasteiger partial charge in [-0.2, -0.15) is 0 Å². The third-order valence-corrected chi connectivity index (χ3v) is 7.01. The molecular formula is C25H28ClN5OS. The van der Waals surface area contributed by atoms with Crippen LogP contribution in [0.25, 0.3) is 0 Å². The van der Waals surface area contributed by atoms with E-state index in [4.69, 9.17) is 16.6 Å². The van der Waals surface area contributed by atoms with E-state index in [1.165, 1.54) is 5.56 Å². The van der Waals surface area contributed by atoms with Crippen LogP contribution in [0, 0.1) is 0 Å². The summed E-state index contributed by atoms with van der Waals surface area (Å²) in [6.45, 7) is 7.84. The van der Waals surface area contributed by atoms with Crippen molar-refractivity contribution < 1.29 is 4.79 Å². The number of likely N-dealkylation sites (N-methyl/N-ethyl adjacent to an activating group) is 1. The molecule has 33 heavy (non-hydrogen) atoms. The van der Waals surface area contributed by atoms with Gasteiger partial charge in [-0.15, -0.1) is 0 Å². The summed E-state index contributed by atoms with van der Waals surface area (Å²) in [4.78, 5) is 28.8. The summed E-state index contributed by atoms with van der Waals surface area (Å²) >= 11 is 8.02. The molecule has 0 spiro atoms. The number of thioether (sulfide) groups is 1. The molecule has 1 aliphatic rings. The first-order valence-electron chi connectivity index (χ1n) is 11.2. The zero-order valence-electron chi connectivity index (χ0n) is 18.9. The highest BCUT2D eigenvalue weighted by Gasteiger charge is 2.34. The van der Waals surface area contributed by atoms with Crippen molar-refractivity contribution in [2.24, 2.45) is 0 Å². The van der Waals surface area contributed by atoms with Crippen LogP contribution in [0.4, 0.5) is 16.3 Å². The van der Waals surface area contributed by atoms with Gasteiger partial charge < -0.3 is 4.90 Å². The fourth-order valence-electron chi connectivity index (χ4n) is 3.83. The van der Waals surface area contributed by atoms with Crippen molar-refractivity contribution in [3.05, 3.63) is 76.9 Å². The van der Waals surface area contributed by atoms with Crippen molar-refractivity contribution in [3.8, 4) is 0 Å². The number of rotatable bonds is 9. The number of nitrogens with zero attached hydrogens (tertiary/aromatic N) is 5. The topological polar surface area (TPSA) is 52.6 Å². The Hall–Kier alpha value is -2.61. The fraction of sp³-hybridized carbons (Fsp3) is 0.320. The highest BCUT2D eigenvalue weighted by molar-refractivity contribution is 7.98. The van der Waals surface area contributed by atoms with Gasteiger partial charge in [-0.3, -0.25) is 9.80 Å². The van der Waals surface area contributed by atoms with E-state index in [9.17, 15) is 4.79 Å². The van der Waals surface area contributed by atoms with Crippen molar-refractivity contribution in [3.63, 3.8) is 0 Å². The Bertz CT molecular complexity index is 1090. The zero-order chi connectivity index (χ0) is 23.2. The van der Waals surface area contributed by atoms with Gasteiger partial charge in [-0.25, -0.2) is 14.8 Å². The average Bonchev–Trinajstić information content (AvgIpc) is 2.85. The number of benzene rings is 2. The van der Waals surface area contributed by atoms with Crippen LogP contribution < -0.4 is 9.80 Å². The number of para-hydroxylation sites is 1. The Kier molecular flexibility index (Phi) is 7.85. The minimum atomic E-state index is -0.111. The van der Waals surface area contributed by atoms with Crippen molar-refractivity contribution in [1.82, 2.24) is 14.9 Å². The second kappa shape index (κ2) is 11.0. The van der Waals surface area contributed by atoms with E-state index in [-0.39, 0.29) is 6.03 Å². The van der Waals surface area contributed by atoms with Crippen LogP contribution in [0.5, 0.6) is 0 Å². The largest absolute Gasteiger partial charge is 0.330 e. The molecule has 1 aliphatic heterocycles. The van der Waals surface area contributed by atoms with Gasteiger partial charge in [0.05, 0.1) is 17.3 Å². The molecule has 172 valence electrons. The molecule has 0 bridgehead atoms. The number of carbonyl (C=O) groups excluding carboxylic acids is 1. The number of urea groups is 1. The minimum Gasteiger partial charge on any atom is -0.302 e. The Morgan fingerprint density at radius 2 is 1.79 bits per heavy atom. The van der Waals surface area contributed by atoms with Gasteiger partial charge in [0.15, 0.2) is 5.16 Å². The molecule has 0 saturated heterocycles. The minimum absolute atomic E-state index is 0.111. The quantitative estimate of drug-likeness (QED) is 0.289. The summed E-state index contributed by atoms with van der Waals surface area (Å²) in [5, 5.41) is 1.22. The van der Waals surface area contributed by atoms with Crippen LogP contribution in [0.3, 0.4) is 0 Å². The van der Waals surface area contributed by atoms with Crippen LogP contribution in [0.2, 0.25) is 5.02 Å². The Balaban J connectivity index is 1.63. The molecule has 1 aromatic heterocycles. The van der Waals surface area contributed by atoms with Gasteiger partial charge in [0.25, 0.3) is 0 Å². The smallest absolute Gasteiger partial charge is 0.302 e. The molecule has 8 heteroatoms. The number of carbonyl (C=O) groups is 1. The first-order chi connectivity index (χ1) is 16.1. The molecule has 0 N–H and O–H groups in total. The lowest BCUT2D eigenvalue weighted by molar-refractivity contribution is 0.247. The van der Waals surface area contributed by atoms with E-state index in [1.807, 2.05) is 42.6 Å². The van der Waals surface area contributed by atoms with Gasteiger partial charge in [0.2, 0.25) is 0 Å². The maximum atomic E-state index is 13.6. The molecule has 0 aliphatic carbocycles. The molecule has 0 fully saturated rings.